The minimum atomic E-state index is -0.794. The van der Waals surface area contributed by atoms with Crippen LogP contribution in [0.25, 0.3) is 0 Å². The number of hydrogen-bond acceptors (Lipinski definition) is 2. The summed E-state index contributed by atoms with van der Waals surface area (Å²) in [6.07, 6.45) is 2.60. The number of hydrogen-bond donors (Lipinski definition) is 1. The molecule has 0 aliphatic carbocycles. The van der Waals surface area contributed by atoms with Crippen molar-refractivity contribution in [1.82, 2.24) is 5.32 Å². The molecular weight excluding hydrogens is 356 g/mol. The Hall–Kier alpha value is -0.780. The van der Waals surface area contributed by atoms with Gasteiger partial charge in [0.1, 0.15) is 0 Å². The van der Waals surface area contributed by atoms with Crippen molar-refractivity contribution in [3.8, 4) is 0 Å². The maximum atomic E-state index is 13.3. The molecule has 5 heteroatoms. The zero-order valence-electron chi connectivity index (χ0n) is 11.8. The van der Waals surface area contributed by atoms with E-state index >= 15 is 0 Å². The van der Waals surface area contributed by atoms with E-state index in [1.807, 2.05) is 11.4 Å². The Morgan fingerprint density at radius 2 is 2.00 bits per heavy atom. The Morgan fingerprint density at radius 1 is 1.19 bits per heavy atom. The van der Waals surface area contributed by atoms with Crippen LogP contribution in [0.1, 0.15) is 23.8 Å². The van der Waals surface area contributed by atoms with Crippen molar-refractivity contribution in [3.63, 3.8) is 0 Å². The van der Waals surface area contributed by atoms with E-state index in [0.29, 0.717) is 6.42 Å². The summed E-state index contributed by atoms with van der Waals surface area (Å²) >= 11 is 5.25. The quantitative estimate of drug-likeness (QED) is 0.724. The number of thiophene rings is 1. The molecule has 0 spiro atoms. The van der Waals surface area contributed by atoms with Crippen LogP contribution < -0.4 is 5.32 Å². The highest BCUT2D eigenvalue weighted by Crippen LogP contribution is 2.25. The van der Waals surface area contributed by atoms with E-state index in [4.69, 9.17) is 0 Å². The number of rotatable bonds is 7. The molecule has 0 aliphatic rings. The maximum absolute atomic E-state index is 13.3. The molecule has 2 aromatic rings. The van der Waals surface area contributed by atoms with E-state index in [-0.39, 0.29) is 6.04 Å². The van der Waals surface area contributed by atoms with Crippen LogP contribution in [0.15, 0.2) is 34.1 Å². The Kier molecular flexibility index (Phi) is 6.33. The van der Waals surface area contributed by atoms with Crippen LogP contribution in [0.4, 0.5) is 8.78 Å². The van der Waals surface area contributed by atoms with Crippen LogP contribution in [0.2, 0.25) is 0 Å². The SMILES string of the molecule is CCCNC(Cc1ccc(F)c(F)c1)Cc1sccc1Br. The highest BCUT2D eigenvalue weighted by atomic mass is 79.9. The van der Waals surface area contributed by atoms with Gasteiger partial charge in [0.2, 0.25) is 0 Å². The fraction of sp³-hybridized carbons (Fsp3) is 0.375. The summed E-state index contributed by atoms with van der Waals surface area (Å²) in [5, 5.41) is 5.54. The molecule has 0 bridgehead atoms. The highest BCUT2D eigenvalue weighted by Gasteiger charge is 2.14. The van der Waals surface area contributed by atoms with Gasteiger partial charge in [-0.25, -0.2) is 8.78 Å². The van der Waals surface area contributed by atoms with Gasteiger partial charge in [0.25, 0.3) is 0 Å². The first-order valence-corrected chi connectivity index (χ1v) is 8.66. The van der Waals surface area contributed by atoms with Crippen molar-refractivity contribution in [3.05, 3.63) is 56.2 Å². The van der Waals surface area contributed by atoms with E-state index in [9.17, 15) is 8.78 Å². The van der Waals surface area contributed by atoms with Crippen LogP contribution in [0.5, 0.6) is 0 Å². The third kappa shape index (κ3) is 4.87. The molecule has 1 N–H and O–H groups in total. The van der Waals surface area contributed by atoms with E-state index in [1.165, 1.54) is 17.0 Å². The van der Waals surface area contributed by atoms with Gasteiger partial charge in [0.05, 0.1) is 0 Å². The van der Waals surface area contributed by atoms with Crippen molar-refractivity contribution < 1.29 is 8.78 Å². The fourth-order valence-electron chi connectivity index (χ4n) is 2.21. The molecular formula is C16H18BrF2NS. The average molecular weight is 374 g/mol. The summed E-state index contributed by atoms with van der Waals surface area (Å²) in [5.74, 6) is -1.57. The van der Waals surface area contributed by atoms with E-state index in [0.717, 1.165) is 29.4 Å². The van der Waals surface area contributed by atoms with Crippen LogP contribution >= 0.6 is 27.3 Å². The summed E-state index contributed by atoms with van der Waals surface area (Å²) in [6, 6.07) is 6.39. The molecule has 0 fully saturated rings. The second kappa shape index (κ2) is 8.01. The van der Waals surface area contributed by atoms with Crippen LogP contribution in [-0.2, 0) is 12.8 Å². The van der Waals surface area contributed by atoms with Crippen LogP contribution in [0, 0.1) is 11.6 Å². The van der Waals surface area contributed by atoms with Gasteiger partial charge < -0.3 is 5.32 Å². The van der Waals surface area contributed by atoms with Gasteiger partial charge in [0.15, 0.2) is 11.6 Å². The molecule has 0 radical (unpaired) electrons. The first kappa shape index (κ1) is 16.6. The summed E-state index contributed by atoms with van der Waals surface area (Å²) in [4.78, 5) is 1.27. The second-order valence-corrected chi connectivity index (χ2v) is 6.85. The highest BCUT2D eigenvalue weighted by molar-refractivity contribution is 9.10. The molecule has 2 rings (SSSR count). The van der Waals surface area contributed by atoms with Crippen LogP contribution in [-0.4, -0.2) is 12.6 Å². The number of halogens is 3. The molecule has 1 aromatic carbocycles. The van der Waals surface area contributed by atoms with Crippen molar-refractivity contribution >= 4 is 27.3 Å². The summed E-state index contributed by atoms with van der Waals surface area (Å²) in [6.45, 7) is 3.03. The molecule has 0 aliphatic heterocycles. The summed E-state index contributed by atoms with van der Waals surface area (Å²) in [7, 11) is 0. The molecule has 1 nitrogen and oxygen atoms in total. The molecule has 21 heavy (non-hydrogen) atoms. The third-order valence-electron chi connectivity index (χ3n) is 3.27. The van der Waals surface area contributed by atoms with Crippen molar-refractivity contribution in [1.29, 1.82) is 0 Å². The van der Waals surface area contributed by atoms with Gasteiger partial charge in [-0.2, -0.15) is 0 Å². The molecule has 1 heterocycles. The smallest absolute Gasteiger partial charge is 0.159 e. The average Bonchev–Trinajstić information content (AvgIpc) is 2.85. The molecule has 114 valence electrons. The molecule has 1 atom stereocenters. The standard InChI is InChI=1S/C16H18BrF2NS/c1-2-6-20-12(10-16-13(17)5-7-21-16)8-11-3-4-14(18)15(19)9-11/h3-5,7,9,12,20H,2,6,8,10H2,1H3. The van der Waals surface area contributed by atoms with Gasteiger partial charge in [-0.1, -0.05) is 13.0 Å². The van der Waals surface area contributed by atoms with Gasteiger partial charge >= 0.3 is 0 Å². The van der Waals surface area contributed by atoms with Crippen molar-refractivity contribution in [2.75, 3.05) is 6.54 Å². The lowest BCUT2D eigenvalue weighted by Gasteiger charge is -2.18. The normalized spacial score (nSPS) is 12.6. The predicted octanol–water partition coefficient (Wildman–Crippen LogP) is 4.94. The van der Waals surface area contributed by atoms with E-state index in [1.54, 1.807) is 17.4 Å². The molecule has 0 saturated heterocycles. The third-order valence-corrected chi connectivity index (χ3v) is 5.22. The predicted molar refractivity (Wildman–Crippen MR) is 87.9 cm³/mol. The molecule has 0 amide bonds. The minimum Gasteiger partial charge on any atom is -0.313 e. The zero-order valence-corrected chi connectivity index (χ0v) is 14.2. The van der Waals surface area contributed by atoms with E-state index < -0.39 is 11.6 Å². The lowest BCUT2D eigenvalue weighted by molar-refractivity contribution is 0.493. The topological polar surface area (TPSA) is 12.0 Å². The van der Waals surface area contributed by atoms with Gasteiger partial charge in [-0.05, 0) is 70.9 Å². The fourth-order valence-corrected chi connectivity index (χ4v) is 3.81. The van der Waals surface area contributed by atoms with Crippen molar-refractivity contribution in [2.24, 2.45) is 0 Å². The lowest BCUT2D eigenvalue weighted by Crippen LogP contribution is -2.33. The Morgan fingerprint density at radius 3 is 2.62 bits per heavy atom. The zero-order chi connectivity index (χ0) is 15.2. The minimum absolute atomic E-state index is 0.213. The second-order valence-electron chi connectivity index (χ2n) is 5.00. The summed E-state index contributed by atoms with van der Waals surface area (Å²) < 4.78 is 27.4. The van der Waals surface area contributed by atoms with Gasteiger partial charge in [-0.3, -0.25) is 0 Å². The first-order valence-electron chi connectivity index (χ1n) is 6.99. The van der Waals surface area contributed by atoms with E-state index in [2.05, 4.69) is 28.2 Å². The van der Waals surface area contributed by atoms with Gasteiger partial charge in [-0.15, -0.1) is 11.3 Å². The van der Waals surface area contributed by atoms with Crippen molar-refractivity contribution in [2.45, 2.75) is 32.2 Å². The Labute approximate surface area is 136 Å². The van der Waals surface area contributed by atoms with Gasteiger partial charge in [0, 0.05) is 15.4 Å². The number of benzene rings is 1. The Bertz CT molecular complexity index is 585. The molecule has 1 unspecified atom stereocenters. The van der Waals surface area contributed by atoms with Crippen LogP contribution in [0.3, 0.4) is 0 Å². The first-order chi connectivity index (χ1) is 10.1. The summed E-state index contributed by atoms with van der Waals surface area (Å²) in [5.41, 5.74) is 0.815. The largest absolute Gasteiger partial charge is 0.313 e. The molecule has 1 aromatic heterocycles. The molecule has 0 saturated carbocycles. The number of nitrogens with one attached hydrogen (secondary N) is 1. The monoisotopic (exact) mass is 373 g/mol. The Balaban J connectivity index is 2.08. The maximum Gasteiger partial charge on any atom is 0.159 e. The lowest BCUT2D eigenvalue weighted by atomic mass is 10.0.